The third-order valence-corrected chi connectivity index (χ3v) is 5.69. The van der Waals surface area contributed by atoms with Crippen molar-refractivity contribution in [2.75, 3.05) is 5.75 Å². The van der Waals surface area contributed by atoms with E-state index in [9.17, 15) is 28.1 Å². The highest BCUT2D eigenvalue weighted by molar-refractivity contribution is 7.85. The van der Waals surface area contributed by atoms with Crippen LogP contribution in [0.3, 0.4) is 0 Å². The lowest BCUT2D eigenvalue weighted by atomic mass is 10.0. The number of hydrogen-bond donors (Lipinski definition) is 3. The summed E-state index contributed by atoms with van der Waals surface area (Å²) in [6.07, 6.45) is -0.213. The molecule has 0 saturated heterocycles. The number of carbonyl (C=O) groups excluding carboxylic acids is 2. The van der Waals surface area contributed by atoms with Crippen LogP contribution >= 0.6 is 0 Å². The average molecular weight is 434 g/mol. The highest BCUT2D eigenvalue weighted by Gasteiger charge is 2.27. The zero-order chi connectivity index (χ0) is 22.1. The maximum absolute atomic E-state index is 13.9. The lowest BCUT2D eigenvalue weighted by Crippen LogP contribution is -2.52. The van der Waals surface area contributed by atoms with Gasteiger partial charge in [-0.1, -0.05) is 36.4 Å². The Kier molecular flexibility index (Phi) is 8.67. The number of aliphatic carboxylic acids is 1. The molecule has 0 radical (unpaired) electrons. The Morgan fingerprint density at radius 3 is 2.23 bits per heavy atom. The van der Waals surface area contributed by atoms with Gasteiger partial charge in [0.1, 0.15) is 17.9 Å². The molecule has 0 unspecified atom stereocenters. The fourth-order valence-corrected chi connectivity index (χ4v) is 3.93. The van der Waals surface area contributed by atoms with Crippen LogP contribution in [0.25, 0.3) is 0 Å². The minimum absolute atomic E-state index is 0.0272. The van der Waals surface area contributed by atoms with Gasteiger partial charge < -0.3 is 15.7 Å². The van der Waals surface area contributed by atoms with Gasteiger partial charge in [0.25, 0.3) is 0 Å². The molecular weight excluding hydrogens is 411 g/mol. The minimum atomic E-state index is -1.42. The molecule has 0 spiro atoms. The maximum Gasteiger partial charge on any atom is 0.326 e. The van der Waals surface area contributed by atoms with Crippen LogP contribution in [0.1, 0.15) is 18.9 Å². The molecule has 0 fully saturated rings. The minimum Gasteiger partial charge on any atom is -0.480 e. The van der Waals surface area contributed by atoms with E-state index in [1.54, 1.807) is 36.4 Å². The van der Waals surface area contributed by atoms with E-state index >= 15 is 0 Å². The van der Waals surface area contributed by atoms with Gasteiger partial charge >= 0.3 is 5.97 Å². The molecule has 0 aliphatic heterocycles. The summed E-state index contributed by atoms with van der Waals surface area (Å²) in [6.45, 7) is 1.21. The van der Waals surface area contributed by atoms with Crippen molar-refractivity contribution in [3.05, 3.63) is 66.0 Å². The Labute approximate surface area is 176 Å². The van der Waals surface area contributed by atoms with Crippen LogP contribution in [-0.2, 0) is 31.6 Å². The molecule has 0 saturated carbocycles. The monoisotopic (exact) mass is 434 g/mol. The predicted octanol–water partition coefficient (Wildman–Crippen LogP) is 1.64. The van der Waals surface area contributed by atoms with Gasteiger partial charge in [0, 0.05) is 24.0 Å². The molecule has 3 atom stereocenters. The first-order valence-electron chi connectivity index (χ1n) is 9.25. The molecule has 160 valence electrons. The summed E-state index contributed by atoms with van der Waals surface area (Å²) in [4.78, 5) is 36.3. The van der Waals surface area contributed by atoms with Gasteiger partial charge in [-0.25, -0.2) is 9.18 Å². The Morgan fingerprint density at radius 1 is 1.00 bits per heavy atom. The summed E-state index contributed by atoms with van der Waals surface area (Å²) in [6, 6.07) is 11.9. The highest BCUT2D eigenvalue weighted by atomic mass is 32.2. The molecule has 2 aromatic rings. The molecular formula is C21H23FN2O5S. The number of carboxylic acid groups (broad SMARTS) is 1. The van der Waals surface area contributed by atoms with Crippen LogP contribution in [0.2, 0.25) is 0 Å². The molecule has 3 N–H and O–H groups in total. The van der Waals surface area contributed by atoms with Crippen molar-refractivity contribution in [1.29, 1.82) is 0 Å². The van der Waals surface area contributed by atoms with Gasteiger partial charge in [0.15, 0.2) is 0 Å². The molecule has 2 aromatic carbocycles. The van der Waals surface area contributed by atoms with Gasteiger partial charge in [0.05, 0.1) is 10.8 Å². The Morgan fingerprint density at radius 2 is 1.63 bits per heavy atom. The molecule has 0 aliphatic rings. The second kappa shape index (κ2) is 11.2. The van der Waals surface area contributed by atoms with Crippen LogP contribution < -0.4 is 10.6 Å². The molecule has 30 heavy (non-hydrogen) atoms. The number of carboxylic acids is 1. The number of amides is 2. The molecule has 7 nitrogen and oxygen atoms in total. The third kappa shape index (κ3) is 7.07. The fourth-order valence-electron chi connectivity index (χ4n) is 2.78. The number of benzene rings is 2. The van der Waals surface area contributed by atoms with Crippen LogP contribution in [0, 0.1) is 5.82 Å². The predicted molar refractivity (Wildman–Crippen MR) is 110 cm³/mol. The van der Waals surface area contributed by atoms with Crippen molar-refractivity contribution in [1.82, 2.24) is 10.6 Å². The van der Waals surface area contributed by atoms with Crippen molar-refractivity contribution >= 4 is 28.6 Å². The van der Waals surface area contributed by atoms with Crippen LogP contribution in [0.15, 0.2) is 59.5 Å². The Hall–Kier alpha value is -3.07. The van der Waals surface area contributed by atoms with E-state index in [0.717, 1.165) is 0 Å². The first-order valence-corrected chi connectivity index (χ1v) is 10.6. The number of hydrogen-bond acceptors (Lipinski definition) is 4. The summed E-state index contributed by atoms with van der Waals surface area (Å²) in [5.74, 6) is -3.07. The normalized spacial score (nSPS) is 13.7. The Bertz CT molecular complexity index is 923. The third-order valence-electron chi connectivity index (χ3n) is 4.29. The highest BCUT2D eigenvalue weighted by Crippen LogP contribution is 2.11. The van der Waals surface area contributed by atoms with Crippen LogP contribution in [0.5, 0.6) is 0 Å². The van der Waals surface area contributed by atoms with Crippen molar-refractivity contribution in [3.63, 3.8) is 0 Å². The standard InChI is InChI=1S/C21H23FN2O5S/c1-14(25)23-19(13-15-7-5-6-10-17(15)22)20(26)24-18(21(27)28)11-12-30(29)16-8-3-2-4-9-16/h2-10,18-19H,11-13H2,1H3,(H,23,25)(H,24,26)(H,27,28)/t18-,19+,30-/m0/s1. The van der Waals surface area contributed by atoms with E-state index in [2.05, 4.69) is 10.6 Å². The van der Waals surface area contributed by atoms with Gasteiger partial charge in [-0.3, -0.25) is 13.8 Å². The van der Waals surface area contributed by atoms with E-state index < -0.39 is 46.5 Å². The zero-order valence-corrected chi connectivity index (χ0v) is 17.2. The lowest BCUT2D eigenvalue weighted by molar-refractivity contribution is -0.142. The topological polar surface area (TPSA) is 113 Å². The second-order valence-corrected chi connectivity index (χ2v) is 8.17. The lowest BCUT2D eigenvalue weighted by Gasteiger charge is -2.21. The van der Waals surface area contributed by atoms with Gasteiger partial charge in [0.2, 0.25) is 11.8 Å². The van der Waals surface area contributed by atoms with Crippen LogP contribution in [-0.4, -0.2) is 44.9 Å². The molecule has 0 aromatic heterocycles. The van der Waals surface area contributed by atoms with Crippen molar-refractivity contribution < 1.29 is 28.1 Å². The van der Waals surface area contributed by atoms with Crippen molar-refractivity contribution in [2.24, 2.45) is 0 Å². The molecule has 0 heterocycles. The summed E-state index contributed by atoms with van der Waals surface area (Å²) < 4.78 is 26.3. The number of halogens is 1. The smallest absolute Gasteiger partial charge is 0.326 e. The van der Waals surface area contributed by atoms with Gasteiger partial charge in [-0.15, -0.1) is 0 Å². The molecule has 9 heteroatoms. The first kappa shape index (κ1) is 23.2. The van der Waals surface area contributed by atoms with Crippen molar-refractivity contribution in [3.8, 4) is 0 Å². The van der Waals surface area contributed by atoms with E-state index in [1.807, 2.05) is 0 Å². The summed E-state index contributed by atoms with van der Waals surface area (Å²) in [5, 5.41) is 14.2. The van der Waals surface area contributed by atoms with E-state index in [1.165, 1.54) is 25.1 Å². The van der Waals surface area contributed by atoms with E-state index in [4.69, 9.17) is 0 Å². The van der Waals surface area contributed by atoms with Crippen molar-refractivity contribution in [2.45, 2.75) is 36.7 Å². The Balaban J connectivity index is 2.06. The number of nitrogens with one attached hydrogen (secondary N) is 2. The van der Waals surface area contributed by atoms with Gasteiger partial charge in [-0.05, 0) is 30.2 Å². The van der Waals surface area contributed by atoms with Crippen LogP contribution in [0.4, 0.5) is 4.39 Å². The van der Waals surface area contributed by atoms with E-state index in [0.29, 0.717) is 4.90 Å². The maximum atomic E-state index is 13.9. The quantitative estimate of drug-likeness (QED) is 0.526. The molecule has 0 bridgehead atoms. The fraction of sp³-hybridized carbons (Fsp3) is 0.286. The summed E-state index contributed by atoms with van der Waals surface area (Å²) in [5.41, 5.74) is 0.212. The van der Waals surface area contributed by atoms with Gasteiger partial charge in [-0.2, -0.15) is 0 Å². The molecule has 2 amide bonds. The molecule has 0 aliphatic carbocycles. The largest absolute Gasteiger partial charge is 0.480 e. The number of carbonyl (C=O) groups is 3. The zero-order valence-electron chi connectivity index (χ0n) is 16.3. The first-order chi connectivity index (χ1) is 14.3. The number of rotatable bonds is 10. The second-order valence-electron chi connectivity index (χ2n) is 6.60. The molecule has 2 rings (SSSR count). The average Bonchev–Trinajstić information content (AvgIpc) is 2.71. The SMILES string of the molecule is CC(=O)N[C@H](Cc1ccccc1F)C(=O)N[C@@H](CC[S@](=O)c1ccccc1)C(=O)O. The summed E-state index contributed by atoms with van der Waals surface area (Å²) in [7, 11) is -1.42. The summed E-state index contributed by atoms with van der Waals surface area (Å²) >= 11 is 0. The van der Waals surface area contributed by atoms with E-state index in [-0.39, 0.29) is 24.2 Å².